The Morgan fingerprint density at radius 3 is 2.94 bits per heavy atom. The molecular formula is C11H20N4O. The lowest BCUT2D eigenvalue weighted by atomic mass is 10.0. The zero-order valence-electron chi connectivity index (χ0n) is 10.0. The first-order valence-corrected chi connectivity index (χ1v) is 5.92. The summed E-state index contributed by atoms with van der Waals surface area (Å²) in [4.78, 5) is 0. The van der Waals surface area contributed by atoms with E-state index in [1.807, 2.05) is 11.6 Å². The molecule has 5 heteroatoms. The summed E-state index contributed by atoms with van der Waals surface area (Å²) >= 11 is 0. The first-order chi connectivity index (χ1) is 7.77. The fraction of sp³-hybridized carbons (Fsp3) is 0.818. The van der Waals surface area contributed by atoms with Crippen LogP contribution in [0.4, 0.5) is 0 Å². The van der Waals surface area contributed by atoms with Crippen molar-refractivity contribution < 1.29 is 4.74 Å². The Labute approximate surface area is 96.2 Å². The largest absolute Gasteiger partial charge is 0.381 e. The molecule has 1 aromatic rings. The van der Waals surface area contributed by atoms with Crippen LogP contribution in [0.3, 0.4) is 0 Å². The average molecular weight is 224 g/mol. The van der Waals surface area contributed by atoms with Crippen molar-refractivity contribution in [3.63, 3.8) is 0 Å². The Morgan fingerprint density at radius 2 is 2.31 bits per heavy atom. The van der Waals surface area contributed by atoms with Gasteiger partial charge in [0, 0.05) is 20.3 Å². The predicted octanol–water partition coefficient (Wildman–Crippen LogP) is 0.892. The van der Waals surface area contributed by atoms with Crippen LogP contribution < -0.4 is 5.32 Å². The fourth-order valence-electron chi connectivity index (χ4n) is 2.07. The van der Waals surface area contributed by atoms with E-state index < -0.39 is 0 Å². The third-order valence-corrected chi connectivity index (χ3v) is 3.19. The number of ether oxygens (including phenoxy) is 1. The minimum atomic E-state index is 0.260. The summed E-state index contributed by atoms with van der Waals surface area (Å²) in [6, 6.07) is 0.260. The number of aromatic nitrogens is 3. The van der Waals surface area contributed by atoms with Crippen LogP contribution >= 0.6 is 0 Å². The van der Waals surface area contributed by atoms with Gasteiger partial charge in [-0.25, -0.2) is 0 Å². The molecule has 0 saturated carbocycles. The van der Waals surface area contributed by atoms with Crippen molar-refractivity contribution in [1.82, 2.24) is 20.1 Å². The molecule has 0 bridgehead atoms. The third kappa shape index (κ3) is 2.80. The number of nitrogens with zero attached hydrogens (tertiary/aromatic N) is 3. The number of rotatable bonds is 4. The highest BCUT2D eigenvalue weighted by Gasteiger charge is 2.16. The summed E-state index contributed by atoms with van der Waals surface area (Å²) < 4.78 is 7.30. The average Bonchev–Trinajstić information content (AvgIpc) is 2.74. The molecule has 0 aromatic carbocycles. The lowest BCUT2D eigenvalue weighted by Crippen LogP contribution is -2.30. The van der Waals surface area contributed by atoms with Crippen LogP contribution in [0.15, 0.2) is 6.33 Å². The minimum Gasteiger partial charge on any atom is -0.381 e. The Hall–Kier alpha value is -0.940. The van der Waals surface area contributed by atoms with Gasteiger partial charge in [0.15, 0.2) is 0 Å². The van der Waals surface area contributed by atoms with Gasteiger partial charge in [0.2, 0.25) is 0 Å². The maximum absolute atomic E-state index is 5.34. The van der Waals surface area contributed by atoms with Gasteiger partial charge in [-0.15, -0.1) is 10.2 Å². The Kier molecular flexibility index (Phi) is 3.90. The molecule has 90 valence electrons. The SMILES string of the molecule is CC(NCC1CCOCC1)c1nncn1C. The minimum absolute atomic E-state index is 0.260. The molecule has 5 nitrogen and oxygen atoms in total. The number of aryl methyl sites for hydroxylation is 1. The second kappa shape index (κ2) is 5.41. The van der Waals surface area contributed by atoms with Gasteiger partial charge in [-0.2, -0.15) is 0 Å². The Morgan fingerprint density at radius 1 is 1.56 bits per heavy atom. The Balaban J connectivity index is 1.79. The van der Waals surface area contributed by atoms with E-state index in [0.29, 0.717) is 0 Å². The van der Waals surface area contributed by atoms with E-state index >= 15 is 0 Å². The molecule has 0 amide bonds. The molecule has 0 aliphatic carbocycles. The summed E-state index contributed by atoms with van der Waals surface area (Å²) in [7, 11) is 1.97. The van der Waals surface area contributed by atoms with Gasteiger partial charge in [0.1, 0.15) is 12.2 Å². The van der Waals surface area contributed by atoms with Gasteiger partial charge >= 0.3 is 0 Å². The third-order valence-electron chi connectivity index (χ3n) is 3.19. The van der Waals surface area contributed by atoms with Crippen LogP contribution in [-0.2, 0) is 11.8 Å². The molecule has 1 unspecified atom stereocenters. The molecule has 1 fully saturated rings. The molecule has 1 saturated heterocycles. The van der Waals surface area contributed by atoms with Gasteiger partial charge in [0.05, 0.1) is 6.04 Å². The highest BCUT2D eigenvalue weighted by atomic mass is 16.5. The summed E-state index contributed by atoms with van der Waals surface area (Å²) in [6.45, 7) is 4.98. The van der Waals surface area contributed by atoms with E-state index in [1.54, 1.807) is 6.33 Å². The van der Waals surface area contributed by atoms with Gasteiger partial charge in [-0.1, -0.05) is 0 Å². The van der Waals surface area contributed by atoms with Crippen LogP contribution in [0.1, 0.15) is 31.6 Å². The van der Waals surface area contributed by atoms with Gasteiger partial charge in [-0.05, 0) is 32.2 Å². The number of hydrogen-bond donors (Lipinski definition) is 1. The molecule has 16 heavy (non-hydrogen) atoms. The van der Waals surface area contributed by atoms with Crippen LogP contribution in [-0.4, -0.2) is 34.5 Å². The lowest BCUT2D eigenvalue weighted by Gasteiger charge is -2.24. The second-order valence-electron chi connectivity index (χ2n) is 4.49. The highest BCUT2D eigenvalue weighted by Crippen LogP contribution is 2.15. The number of nitrogens with one attached hydrogen (secondary N) is 1. The van der Waals surface area contributed by atoms with Crippen molar-refractivity contribution in [1.29, 1.82) is 0 Å². The van der Waals surface area contributed by atoms with E-state index in [9.17, 15) is 0 Å². The van der Waals surface area contributed by atoms with E-state index in [0.717, 1.165) is 31.5 Å². The summed E-state index contributed by atoms with van der Waals surface area (Å²) in [5, 5.41) is 11.5. The summed E-state index contributed by atoms with van der Waals surface area (Å²) in [5.74, 6) is 1.73. The molecule has 1 aliphatic rings. The monoisotopic (exact) mass is 224 g/mol. The second-order valence-corrected chi connectivity index (χ2v) is 4.49. The molecule has 0 spiro atoms. The van der Waals surface area contributed by atoms with E-state index in [-0.39, 0.29) is 6.04 Å². The molecule has 2 heterocycles. The van der Waals surface area contributed by atoms with Crippen molar-refractivity contribution >= 4 is 0 Å². The van der Waals surface area contributed by atoms with E-state index in [1.165, 1.54) is 12.8 Å². The first kappa shape index (κ1) is 11.5. The molecule has 1 atom stereocenters. The van der Waals surface area contributed by atoms with Crippen molar-refractivity contribution in [2.24, 2.45) is 13.0 Å². The number of hydrogen-bond acceptors (Lipinski definition) is 4. The molecule has 1 aromatic heterocycles. The van der Waals surface area contributed by atoms with Crippen LogP contribution in [0.25, 0.3) is 0 Å². The molecule has 1 aliphatic heterocycles. The van der Waals surface area contributed by atoms with Crippen LogP contribution in [0.5, 0.6) is 0 Å². The zero-order chi connectivity index (χ0) is 11.4. The molecule has 2 rings (SSSR count). The van der Waals surface area contributed by atoms with E-state index in [2.05, 4.69) is 22.4 Å². The first-order valence-electron chi connectivity index (χ1n) is 5.92. The zero-order valence-corrected chi connectivity index (χ0v) is 10.0. The smallest absolute Gasteiger partial charge is 0.149 e. The van der Waals surface area contributed by atoms with Crippen LogP contribution in [0.2, 0.25) is 0 Å². The standard InChI is InChI=1S/C11H20N4O/c1-9(11-14-13-8-15(11)2)12-7-10-3-5-16-6-4-10/h8-10,12H,3-7H2,1-2H3. The predicted molar refractivity (Wildman–Crippen MR) is 61.0 cm³/mol. The van der Waals surface area contributed by atoms with Crippen LogP contribution in [0, 0.1) is 5.92 Å². The van der Waals surface area contributed by atoms with E-state index in [4.69, 9.17) is 4.74 Å². The Bertz CT molecular complexity index is 320. The molecule has 0 radical (unpaired) electrons. The van der Waals surface area contributed by atoms with Gasteiger partial charge < -0.3 is 14.6 Å². The van der Waals surface area contributed by atoms with Gasteiger partial charge in [0.25, 0.3) is 0 Å². The van der Waals surface area contributed by atoms with Crippen molar-refractivity contribution in [3.05, 3.63) is 12.2 Å². The van der Waals surface area contributed by atoms with Crippen molar-refractivity contribution in [3.8, 4) is 0 Å². The van der Waals surface area contributed by atoms with Crippen molar-refractivity contribution in [2.75, 3.05) is 19.8 Å². The highest BCUT2D eigenvalue weighted by molar-refractivity contribution is 4.92. The molecular weight excluding hydrogens is 204 g/mol. The summed E-state index contributed by atoms with van der Waals surface area (Å²) in [5.41, 5.74) is 0. The van der Waals surface area contributed by atoms with Gasteiger partial charge in [-0.3, -0.25) is 0 Å². The molecule has 1 N–H and O–H groups in total. The normalized spacial score (nSPS) is 19.9. The lowest BCUT2D eigenvalue weighted by molar-refractivity contribution is 0.0655. The summed E-state index contributed by atoms with van der Waals surface area (Å²) in [6.07, 6.45) is 4.07. The maximum Gasteiger partial charge on any atom is 0.149 e. The fourth-order valence-corrected chi connectivity index (χ4v) is 2.07. The maximum atomic E-state index is 5.34. The van der Waals surface area contributed by atoms with Crippen molar-refractivity contribution in [2.45, 2.75) is 25.8 Å². The topological polar surface area (TPSA) is 52.0 Å². The quantitative estimate of drug-likeness (QED) is 0.825.